The fraction of sp³-hybridized carbons (Fsp3) is 0.235. The Morgan fingerprint density at radius 1 is 1.00 bits per heavy atom. The molecule has 0 radical (unpaired) electrons. The molecule has 5 heteroatoms. The zero-order chi connectivity index (χ0) is 15.9. The molecule has 2 unspecified atom stereocenters. The summed E-state index contributed by atoms with van der Waals surface area (Å²) < 4.78 is 5.22. The van der Waals surface area contributed by atoms with Crippen molar-refractivity contribution in [3.05, 3.63) is 71.3 Å². The van der Waals surface area contributed by atoms with Crippen LogP contribution >= 0.6 is 0 Å². The van der Waals surface area contributed by atoms with Gasteiger partial charge in [0.15, 0.2) is 0 Å². The second-order valence-corrected chi connectivity index (χ2v) is 4.84. The summed E-state index contributed by atoms with van der Waals surface area (Å²) in [5.41, 5.74) is 1.24. The predicted molar refractivity (Wildman–Crippen MR) is 80.1 cm³/mol. The number of carbonyl (C=O) groups excluding carboxylic acids is 1. The Balaban J connectivity index is 2.12. The standard InChI is InChI=1S/C17H18O5/c18-10-15(19)16(20)13-8-4-5-9-14(13)17(21)22-11-12-6-2-1-3-7-12/h1-9,15-16,18-20H,10-11H2. The number of ether oxygens (including phenoxy) is 1. The Morgan fingerprint density at radius 3 is 2.32 bits per heavy atom. The lowest BCUT2D eigenvalue weighted by Gasteiger charge is -2.18. The third-order valence-corrected chi connectivity index (χ3v) is 3.26. The summed E-state index contributed by atoms with van der Waals surface area (Å²) in [4.78, 5) is 12.2. The molecule has 22 heavy (non-hydrogen) atoms. The van der Waals surface area contributed by atoms with E-state index in [9.17, 15) is 15.0 Å². The molecule has 0 saturated heterocycles. The van der Waals surface area contributed by atoms with E-state index in [0.717, 1.165) is 5.56 Å². The minimum Gasteiger partial charge on any atom is -0.457 e. The molecule has 0 aliphatic heterocycles. The van der Waals surface area contributed by atoms with Gasteiger partial charge in [0.2, 0.25) is 0 Å². The van der Waals surface area contributed by atoms with Crippen molar-refractivity contribution in [2.75, 3.05) is 6.61 Å². The van der Waals surface area contributed by atoms with E-state index in [1.54, 1.807) is 12.1 Å². The van der Waals surface area contributed by atoms with Crippen LogP contribution < -0.4 is 0 Å². The molecule has 0 saturated carbocycles. The van der Waals surface area contributed by atoms with Crippen LogP contribution in [0.3, 0.4) is 0 Å². The van der Waals surface area contributed by atoms with Crippen LogP contribution in [-0.2, 0) is 11.3 Å². The van der Waals surface area contributed by atoms with Crippen LogP contribution in [0.5, 0.6) is 0 Å². The van der Waals surface area contributed by atoms with Crippen LogP contribution in [0, 0.1) is 0 Å². The molecule has 0 amide bonds. The van der Waals surface area contributed by atoms with Crippen molar-refractivity contribution in [2.45, 2.75) is 18.8 Å². The van der Waals surface area contributed by atoms with Crippen molar-refractivity contribution in [1.29, 1.82) is 0 Å². The van der Waals surface area contributed by atoms with Gasteiger partial charge in [-0.15, -0.1) is 0 Å². The highest BCUT2D eigenvalue weighted by Crippen LogP contribution is 2.22. The van der Waals surface area contributed by atoms with Gasteiger partial charge in [-0.2, -0.15) is 0 Å². The minimum atomic E-state index is -1.36. The van der Waals surface area contributed by atoms with Crippen molar-refractivity contribution in [2.24, 2.45) is 0 Å². The van der Waals surface area contributed by atoms with Gasteiger partial charge in [0.1, 0.15) is 18.8 Å². The number of aliphatic hydroxyl groups excluding tert-OH is 3. The van der Waals surface area contributed by atoms with Gasteiger partial charge in [-0.3, -0.25) is 0 Å². The number of rotatable bonds is 6. The lowest BCUT2D eigenvalue weighted by molar-refractivity contribution is -0.0160. The smallest absolute Gasteiger partial charge is 0.338 e. The molecule has 2 rings (SSSR count). The van der Waals surface area contributed by atoms with Gasteiger partial charge in [0.05, 0.1) is 12.2 Å². The van der Waals surface area contributed by atoms with E-state index in [-0.39, 0.29) is 17.7 Å². The highest BCUT2D eigenvalue weighted by molar-refractivity contribution is 5.91. The fourth-order valence-corrected chi connectivity index (χ4v) is 2.05. The normalized spacial score (nSPS) is 13.4. The predicted octanol–water partition coefficient (Wildman–Crippen LogP) is 1.43. The van der Waals surface area contributed by atoms with E-state index in [2.05, 4.69) is 0 Å². The summed E-state index contributed by atoms with van der Waals surface area (Å²) in [6.45, 7) is -0.485. The Labute approximate surface area is 128 Å². The first-order valence-corrected chi connectivity index (χ1v) is 6.90. The van der Waals surface area contributed by atoms with Gasteiger partial charge < -0.3 is 20.1 Å². The Hall–Kier alpha value is -2.21. The van der Waals surface area contributed by atoms with Crippen LogP contribution in [-0.4, -0.2) is 34.0 Å². The minimum absolute atomic E-state index is 0.118. The molecule has 0 aliphatic carbocycles. The topological polar surface area (TPSA) is 87.0 Å². The Kier molecular flexibility index (Phi) is 5.66. The first-order valence-electron chi connectivity index (χ1n) is 6.90. The molecule has 0 aromatic heterocycles. The lowest BCUT2D eigenvalue weighted by atomic mass is 9.99. The molecule has 2 aromatic rings. The second-order valence-electron chi connectivity index (χ2n) is 4.84. The molecule has 5 nitrogen and oxygen atoms in total. The summed E-state index contributed by atoms with van der Waals surface area (Å²) in [5.74, 6) is -0.594. The zero-order valence-electron chi connectivity index (χ0n) is 11.9. The number of esters is 1. The average molecular weight is 302 g/mol. The number of benzene rings is 2. The Bertz CT molecular complexity index is 611. The van der Waals surface area contributed by atoms with E-state index in [0.29, 0.717) is 0 Å². The van der Waals surface area contributed by atoms with Crippen molar-refractivity contribution < 1.29 is 24.9 Å². The maximum absolute atomic E-state index is 12.2. The van der Waals surface area contributed by atoms with Crippen LogP contribution in [0.1, 0.15) is 27.6 Å². The van der Waals surface area contributed by atoms with Crippen LogP contribution in [0.2, 0.25) is 0 Å². The third kappa shape index (κ3) is 3.92. The van der Waals surface area contributed by atoms with Gasteiger partial charge in [-0.1, -0.05) is 48.5 Å². The van der Waals surface area contributed by atoms with E-state index >= 15 is 0 Å². The molecule has 2 atom stereocenters. The average Bonchev–Trinajstić information content (AvgIpc) is 2.59. The molecular weight excluding hydrogens is 284 g/mol. The fourth-order valence-electron chi connectivity index (χ4n) is 2.05. The van der Waals surface area contributed by atoms with Crippen molar-refractivity contribution in [3.8, 4) is 0 Å². The van der Waals surface area contributed by atoms with Gasteiger partial charge in [-0.25, -0.2) is 4.79 Å². The van der Waals surface area contributed by atoms with Gasteiger partial charge in [0.25, 0.3) is 0 Å². The summed E-state index contributed by atoms with van der Waals surface area (Å²) in [6, 6.07) is 15.5. The summed E-state index contributed by atoms with van der Waals surface area (Å²) in [6.07, 6.45) is -2.71. The molecule has 0 aliphatic rings. The summed E-state index contributed by atoms with van der Waals surface area (Å²) in [5, 5.41) is 28.4. The zero-order valence-corrected chi connectivity index (χ0v) is 11.9. The van der Waals surface area contributed by atoms with E-state index in [1.165, 1.54) is 12.1 Å². The van der Waals surface area contributed by atoms with E-state index in [4.69, 9.17) is 9.84 Å². The van der Waals surface area contributed by atoms with Crippen molar-refractivity contribution in [3.63, 3.8) is 0 Å². The SMILES string of the molecule is O=C(OCc1ccccc1)c1ccccc1C(O)C(O)CO. The lowest BCUT2D eigenvalue weighted by Crippen LogP contribution is -2.24. The third-order valence-electron chi connectivity index (χ3n) is 3.26. The number of hydrogen-bond acceptors (Lipinski definition) is 5. The number of carbonyl (C=O) groups is 1. The van der Waals surface area contributed by atoms with Crippen molar-refractivity contribution in [1.82, 2.24) is 0 Å². The van der Waals surface area contributed by atoms with Gasteiger partial charge >= 0.3 is 5.97 Å². The largest absolute Gasteiger partial charge is 0.457 e. The van der Waals surface area contributed by atoms with Gasteiger partial charge in [0, 0.05) is 0 Å². The Morgan fingerprint density at radius 2 is 1.64 bits per heavy atom. The second kappa shape index (κ2) is 7.70. The van der Waals surface area contributed by atoms with Crippen LogP contribution in [0.4, 0.5) is 0 Å². The van der Waals surface area contributed by atoms with E-state index in [1.807, 2.05) is 30.3 Å². The maximum atomic E-state index is 12.2. The van der Waals surface area contributed by atoms with E-state index < -0.39 is 24.8 Å². The van der Waals surface area contributed by atoms with Crippen molar-refractivity contribution >= 4 is 5.97 Å². The quantitative estimate of drug-likeness (QED) is 0.703. The highest BCUT2D eigenvalue weighted by atomic mass is 16.5. The van der Waals surface area contributed by atoms with Gasteiger partial charge in [-0.05, 0) is 17.2 Å². The number of aliphatic hydroxyl groups is 3. The summed E-state index contributed by atoms with van der Waals surface area (Å²) in [7, 11) is 0. The first-order chi connectivity index (χ1) is 10.6. The molecule has 0 spiro atoms. The monoisotopic (exact) mass is 302 g/mol. The maximum Gasteiger partial charge on any atom is 0.338 e. The highest BCUT2D eigenvalue weighted by Gasteiger charge is 2.23. The molecule has 0 fully saturated rings. The first kappa shape index (κ1) is 16.2. The molecule has 2 aromatic carbocycles. The van der Waals surface area contributed by atoms with Crippen LogP contribution in [0.25, 0.3) is 0 Å². The molecule has 3 N–H and O–H groups in total. The molecule has 0 heterocycles. The molecular formula is C17H18O5. The molecule has 116 valence electrons. The summed E-state index contributed by atoms with van der Waals surface area (Å²) >= 11 is 0. The molecule has 0 bridgehead atoms. The number of hydrogen-bond donors (Lipinski definition) is 3. The van der Waals surface area contributed by atoms with Crippen LogP contribution in [0.15, 0.2) is 54.6 Å².